The fourth-order valence-corrected chi connectivity index (χ4v) is 2.53. The van der Waals surface area contributed by atoms with Gasteiger partial charge in [0.1, 0.15) is 0 Å². The Morgan fingerprint density at radius 1 is 0.577 bits per heavy atom. The number of nitrogens with zero attached hydrogens (tertiary/aromatic N) is 2. The zero-order chi connectivity index (χ0) is 18.2. The minimum Gasteiger partial charge on any atom is -0.492 e. The Kier molecular flexibility index (Phi) is 5.78. The predicted octanol–water partition coefficient (Wildman–Crippen LogP) is 5.21. The molecule has 0 fully saturated rings. The molecule has 0 bridgehead atoms. The summed E-state index contributed by atoms with van der Waals surface area (Å²) in [5.41, 5.74) is 3.43. The third-order valence-electron chi connectivity index (χ3n) is 3.80. The van der Waals surface area contributed by atoms with Crippen LogP contribution < -0.4 is 9.47 Å². The lowest BCUT2D eigenvalue weighted by atomic mass is 10.1. The average Bonchev–Trinajstić information content (AvgIpc) is 2.71. The fourth-order valence-electron chi connectivity index (χ4n) is 2.53. The monoisotopic (exact) mass is 344 g/mol. The quantitative estimate of drug-likeness (QED) is 0.577. The van der Waals surface area contributed by atoms with E-state index in [9.17, 15) is 0 Å². The number of methoxy groups -OCH3 is 2. The highest BCUT2D eigenvalue weighted by molar-refractivity contribution is 5.93. The van der Waals surface area contributed by atoms with E-state index in [0.717, 1.165) is 22.5 Å². The van der Waals surface area contributed by atoms with Crippen molar-refractivity contribution in [3.63, 3.8) is 0 Å². The van der Waals surface area contributed by atoms with Crippen molar-refractivity contribution in [1.29, 1.82) is 0 Å². The van der Waals surface area contributed by atoms with Gasteiger partial charge in [0.15, 0.2) is 11.5 Å². The number of aliphatic imine (C=N–C) groups is 2. The van der Waals surface area contributed by atoms with E-state index < -0.39 is 0 Å². The van der Waals surface area contributed by atoms with Gasteiger partial charge in [-0.2, -0.15) is 0 Å². The van der Waals surface area contributed by atoms with Gasteiger partial charge in [0.25, 0.3) is 0 Å². The molecule has 0 amide bonds. The van der Waals surface area contributed by atoms with Crippen molar-refractivity contribution < 1.29 is 9.47 Å². The molecule has 0 saturated carbocycles. The number of benzene rings is 3. The maximum absolute atomic E-state index is 5.57. The first kappa shape index (κ1) is 17.4. The molecule has 0 atom stereocenters. The van der Waals surface area contributed by atoms with Gasteiger partial charge in [0.05, 0.1) is 25.6 Å². The molecule has 0 aliphatic carbocycles. The molecule has 4 nitrogen and oxygen atoms in total. The van der Waals surface area contributed by atoms with E-state index in [1.54, 1.807) is 26.6 Å². The summed E-state index contributed by atoms with van der Waals surface area (Å²) in [6, 6.07) is 23.4. The second-order valence-corrected chi connectivity index (χ2v) is 5.50. The summed E-state index contributed by atoms with van der Waals surface area (Å²) in [6.07, 6.45) is 3.55. The summed E-state index contributed by atoms with van der Waals surface area (Å²) in [6.45, 7) is 0. The van der Waals surface area contributed by atoms with Crippen LogP contribution in [0.4, 0.5) is 11.4 Å². The summed E-state index contributed by atoms with van der Waals surface area (Å²) in [4.78, 5) is 8.98. The van der Waals surface area contributed by atoms with Gasteiger partial charge in [0, 0.05) is 23.6 Å². The Morgan fingerprint density at radius 2 is 0.962 bits per heavy atom. The Hall–Kier alpha value is -3.40. The van der Waals surface area contributed by atoms with Crippen molar-refractivity contribution in [1.82, 2.24) is 0 Å². The van der Waals surface area contributed by atoms with Gasteiger partial charge in [-0.05, 0) is 36.4 Å². The van der Waals surface area contributed by atoms with Crippen LogP contribution in [0.5, 0.6) is 11.5 Å². The van der Waals surface area contributed by atoms with Crippen LogP contribution in [0.15, 0.2) is 82.8 Å². The molecule has 0 saturated heterocycles. The van der Waals surface area contributed by atoms with Crippen LogP contribution in [0, 0.1) is 0 Å². The third kappa shape index (κ3) is 4.16. The second kappa shape index (κ2) is 8.62. The normalized spacial score (nSPS) is 11.2. The Labute approximate surface area is 153 Å². The molecule has 4 heteroatoms. The van der Waals surface area contributed by atoms with Gasteiger partial charge in [0.2, 0.25) is 0 Å². The van der Waals surface area contributed by atoms with E-state index in [4.69, 9.17) is 9.47 Å². The van der Waals surface area contributed by atoms with Gasteiger partial charge in [-0.1, -0.05) is 36.4 Å². The molecule has 130 valence electrons. The van der Waals surface area contributed by atoms with Gasteiger partial charge < -0.3 is 9.47 Å². The maximum atomic E-state index is 5.57. The lowest BCUT2D eigenvalue weighted by molar-refractivity contribution is 0.354. The van der Waals surface area contributed by atoms with Crippen LogP contribution >= 0.6 is 0 Å². The van der Waals surface area contributed by atoms with E-state index in [1.807, 2.05) is 72.8 Å². The summed E-state index contributed by atoms with van der Waals surface area (Å²) in [7, 11) is 3.24. The van der Waals surface area contributed by atoms with Gasteiger partial charge in [-0.15, -0.1) is 0 Å². The van der Waals surface area contributed by atoms with E-state index in [-0.39, 0.29) is 0 Å². The predicted molar refractivity (Wildman–Crippen MR) is 107 cm³/mol. The number of rotatable bonds is 6. The molecule has 0 aliphatic rings. The van der Waals surface area contributed by atoms with Crippen LogP contribution in [-0.2, 0) is 0 Å². The zero-order valence-electron chi connectivity index (χ0n) is 14.8. The lowest BCUT2D eigenvalue weighted by Crippen LogP contribution is -1.99. The van der Waals surface area contributed by atoms with Crippen molar-refractivity contribution in [2.45, 2.75) is 0 Å². The average molecular weight is 344 g/mol. The van der Waals surface area contributed by atoms with E-state index in [1.165, 1.54) is 0 Å². The molecule has 3 aromatic rings. The first-order valence-corrected chi connectivity index (χ1v) is 8.25. The largest absolute Gasteiger partial charge is 0.492 e. The highest BCUT2D eigenvalue weighted by Crippen LogP contribution is 2.33. The molecule has 0 aromatic heterocycles. The van der Waals surface area contributed by atoms with Crippen molar-refractivity contribution in [3.8, 4) is 11.5 Å². The molecular weight excluding hydrogens is 324 g/mol. The van der Waals surface area contributed by atoms with Crippen molar-refractivity contribution in [3.05, 3.63) is 83.9 Å². The smallest absolute Gasteiger partial charge is 0.170 e. The van der Waals surface area contributed by atoms with Gasteiger partial charge in [-0.25, -0.2) is 0 Å². The topological polar surface area (TPSA) is 43.2 Å². The minimum absolute atomic E-state index is 0.629. The molecule has 0 radical (unpaired) electrons. The van der Waals surface area contributed by atoms with E-state index >= 15 is 0 Å². The highest BCUT2D eigenvalue weighted by Gasteiger charge is 2.13. The fraction of sp³-hybridized carbons (Fsp3) is 0.0909. The Bertz CT molecular complexity index is 828. The number of hydrogen-bond donors (Lipinski definition) is 0. The molecule has 0 spiro atoms. The van der Waals surface area contributed by atoms with Crippen LogP contribution in [0.25, 0.3) is 0 Å². The Balaban J connectivity index is 1.93. The second-order valence-electron chi connectivity index (χ2n) is 5.50. The van der Waals surface area contributed by atoms with Crippen LogP contribution in [0.1, 0.15) is 11.1 Å². The Morgan fingerprint density at radius 3 is 1.31 bits per heavy atom. The minimum atomic E-state index is 0.629. The molecule has 0 N–H and O–H groups in total. The standard InChI is InChI=1S/C22H20N2O2/c1-25-21-17(15-23-19-9-5-3-6-10-19)13-14-18(22(21)26-2)16-24-20-11-7-4-8-12-20/h3-16H,1-2H3. The summed E-state index contributed by atoms with van der Waals surface area (Å²) < 4.78 is 11.1. The highest BCUT2D eigenvalue weighted by atomic mass is 16.5. The van der Waals surface area contributed by atoms with Gasteiger partial charge >= 0.3 is 0 Å². The molecular formula is C22H20N2O2. The SMILES string of the molecule is COc1c(C=Nc2ccccc2)ccc(C=Nc2ccccc2)c1OC. The molecule has 3 rings (SSSR count). The van der Waals surface area contributed by atoms with E-state index in [0.29, 0.717) is 11.5 Å². The van der Waals surface area contributed by atoms with E-state index in [2.05, 4.69) is 9.98 Å². The third-order valence-corrected chi connectivity index (χ3v) is 3.80. The van der Waals surface area contributed by atoms with Crippen LogP contribution in [0.3, 0.4) is 0 Å². The van der Waals surface area contributed by atoms with Gasteiger partial charge in [-0.3, -0.25) is 9.98 Å². The van der Waals surface area contributed by atoms with Crippen LogP contribution in [-0.4, -0.2) is 26.6 Å². The van der Waals surface area contributed by atoms with Crippen molar-refractivity contribution in [2.75, 3.05) is 14.2 Å². The first-order valence-electron chi connectivity index (χ1n) is 8.25. The summed E-state index contributed by atoms with van der Waals surface area (Å²) >= 11 is 0. The molecule has 26 heavy (non-hydrogen) atoms. The summed E-state index contributed by atoms with van der Waals surface area (Å²) in [5, 5.41) is 0. The molecule has 0 unspecified atom stereocenters. The maximum Gasteiger partial charge on any atom is 0.170 e. The molecule has 3 aromatic carbocycles. The van der Waals surface area contributed by atoms with Crippen molar-refractivity contribution in [2.24, 2.45) is 9.98 Å². The van der Waals surface area contributed by atoms with Crippen molar-refractivity contribution >= 4 is 23.8 Å². The summed E-state index contributed by atoms with van der Waals surface area (Å²) in [5.74, 6) is 1.26. The number of ether oxygens (including phenoxy) is 2. The number of para-hydroxylation sites is 2. The number of hydrogen-bond acceptors (Lipinski definition) is 4. The lowest BCUT2D eigenvalue weighted by Gasteiger charge is -2.12. The molecule has 0 heterocycles. The zero-order valence-corrected chi connectivity index (χ0v) is 14.8. The first-order chi connectivity index (χ1) is 12.8. The molecule has 0 aliphatic heterocycles. The van der Waals surface area contributed by atoms with Crippen LogP contribution in [0.2, 0.25) is 0 Å².